The number of methoxy groups -OCH3 is 4. The standard InChI is InChI=1S/C50H76N4O10.C50H80N4O9/c1-13-33(6)46(52(9)48(58)39(31(2)3)28-42(56)45(32(4)5)53(10)50(61)64-30-36-21-23-38(51-8)24-22-36)43(62-11)29-44(57)54-25-17-20-40(54)47(63-12)34(7)41(55)27-37(49(59)60)26-35-18-15-14-16-19-35;1-14-33(6)46(52(10)49(59)39(31(2)3)28-42(56)45(32(4)5)53(11)50(60)63-30-36-22-24-38(51-9)25-23-36)43(61-12)29-44(57)54-26-18-21-40(54)48(62-13)35(8)41(55)27-34(7)47(58)37-19-16-15-17-20-37/h14-16,18-19,21-24,31-34,37,39-40,43,45-47,51H,13,17,20,25-30H2,1-12H3,(H,59,60);15-17,19-20,22-25,31-35,39-40,42-43,45-48,51,56,58H,14,18,21,26-30H2,1-13H3/t33-,34-,37?,39?,40?,43?,45-,46-,47+;33-,34-,35-,39-,40?,42?,43?,45-,46-,47+,48+/m00/s1. The first kappa shape index (κ1) is 109. The van der Waals surface area contributed by atoms with Crippen molar-refractivity contribution in [2.45, 2.75) is 273 Å². The second kappa shape index (κ2) is 53.3. The third kappa shape index (κ3) is 30.6. The van der Waals surface area contributed by atoms with Gasteiger partial charge < -0.3 is 83.8 Å². The van der Waals surface area contributed by atoms with Gasteiger partial charge in [0.15, 0.2) is 5.78 Å². The number of nitrogens with zero attached hydrogens (tertiary/aromatic N) is 6. The van der Waals surface area contributed by atoms with Crippen molar-refractivity contribution >= 4 is 70.5 Å². The van der Waals surface area contributed by atoms with E-state index in [1.165, 1.54) is 24.0 Å². The SMILES string of the molecule is CC[C@H](C)[C@@H](C(CC(=O)N1CCCC1[C@H](OC)[C@@H](C)C(=O)CC(Cc1ccccc1)C(=O)O)OC)N(C)C(=O)C(CC(=O)[C@H](C(C)C)N(C)C(=O)OCc1ccc(NC)cc1)C(C)C.CC[C@H](C)[C@@H](C(CC(=O)N1CCCC1[C@H](OC)[C@@H](C)C(=O)C[C@H](C)[C@@H](O)c1ccccc1)OC)N(C)C(=O)[C@@H](CC(O)[C@H](C(C)C)N(C)C(=O)OCc1ccc(NC)cc1)C(C)C. The first-order chi connectivity index (χ1) is 60.1. The van der Waals surface area contributed by atoms with Gasteiger partial charge in [-0.25, -0.2) is 9.59 Å². The van der Waals surface area contributed by atoms with E-state index in [9.17, 15) is 63.3 Å². The van der Waals surface area contributed by atoms with Gasteiger partial charge >= 0.3 is 18.2 Å². The number of aliphatic carboxylic acids is 1. The van der Waals surface area contributed by atoms with Gasteiger partial charge in [-0.15, -0.1) is 0 Å². The van der Waals surface area contributed by atoms with E-state index in [0.29, 0.717) is 38.8 Å². The molecule has 20 atom stereocenters. The quantitative estimate of drug-likeness (QED) is 0.0274. The van der Waals surface area contributed by atoms with Crippen molar-refractivity contribution in [2.75, 3.05) is 94.4 Å². The molecule has 2 heterocycles. The number of anilines is 2. The van der Waals surface area contributed by atoms with Crippen molar-refractivity contribution in [3.05, 3.63) is 131 Å². The molecule has 6 rings (SSSR count). The third-order valence-electron chi connectivity index (χ3n) is 26.9. The highest BCUT2D eigenvalue weighted by Crippen LogP contribution is 2.37. The molecule has 5 N–H and O–H groups in total. The lowest BCUT2D eigenvalue weighted by atomic mass is 9.83. The number of benzene rings is 4. The number of hydrogen-bond acceptors (Lipinski definition) is 20. The van der Waals surface area contributed by atoms with E-state index in [-0.39, 0.29) is 147 Å². The molecule has 127 heavy (non-hydrogen) atoms. The van der Waals surface area contributed by atoms with Gasteiger partial charge in [-0.05, 0) is 126 Å². The summed E-state index contributed by atoms with van der Waals surface area (Å²) in [7, 11) is 16.5. The van der Waals surface area contributed by atoms with Crippen LogP contribution in [-0.2, 0) is 86.4 Å². The van der Waals surface area contributed by atoms with Crippen LogP contribution in [0.15, 0.2) is 109 Å². The molecule has 2 aliphatic rings. The minimum atomic E-state index is -1.04. The Morgan fingerprint density at radius 1 is 0.449 bits per heavy atom. The van der Waals surface area contributed by atoms with Crippen molar-refractivity contribution in [2.24, 2.45) is 71.0 Å². The smallest absolute Gasteiger partial charge is 0.410 e. The number of likely N-dealkylation sites (tertiary alicyclic amines) is 2. The summed E-state index contributed by atoms with van der Waals surface area (Å²) in [6.07, 6.45) is -1.14. The van der Waals surface area contributed by atoms with Crippen LogP contribution in [-0.4, -0.2) is 254 Å². The molecule has 7 unspecified atom stereocenters. The van der Waals surface area contributed by atoms with Crippen LogP contribution in [0.3, 0.4) is 0 Å². The van der Waals surface area contributed by atoms with E-state index in [1.54, 1.807) is 64.0 Å². The fraction of sp³-hybridized carbons (Fsp3) is 0.660. The average Bonchev–Trinajstić information content (AvgIpc) is 1.39. The molecule has 2 saturated heterocycles. The van der Waals surface area contributed by atoms with E-state index in [0.717, 1.165) is 46.5 Å². The number of aliphatic hydroxyl groups is 2. The van der Waals surface area contributed by atoms with Crippen LogP contribution >= 0.6 is 0 Å². The fourth-order valence-electron chi connectivity index (χ4n) is 18.8. The molecule has 710 valence electrons. The molecule has 0 bridgehead atoms. The van der Waals surface area contributed by atoms with Crippen LogP contribution in [0.25, 0.3) is 0 Å². The second-order valence-electron chi connectivity index (χ2n) is 36.9. The molecule has 0 aliphatic carbocycles. The number of carbonyl (C=O) groups is 10. The molecule has 2 fully saturated rings. The Morgan fingerprint density at radius 2 is 0.858 bits per heavy atom. The third-order valence-corrected chi connectivity index (χ3v) is 26.9. The first-order valence-corrected chi connectivity index (χ1v) is 46.0. The van der Waals surface area contributed by atoms with Crippen molar-refractivity contribution < 1.29 is 91.7 Å². The molecule has 0 aromatic heterocycles. The fourth-order valence-corrected chi connectivity index (χ4v) is 18.8. The highest BCUT2D eigenvalue weighted by Gasteiger charge is 2.48. The number of carboxylic acids is 1. The first-order valence-electron chi connectivity index (χ1n) is 46.0. The summed E-state index contributed by atoms with van der Waals surface area (Å²) in [6.45, 7) is 30.0. The number of amides is 6. The number of carboxylic acid groups (broad SMARTS) is 1. The van der Waals surface area contributed by atoms with E-state index < -0.39 is 115 Å². The summed E-state index contributed by atoms with van der Waals surface area (Å²) < 4.78 is 35.3. The highest BCUT2D eigenvalue weighted by atomic mass is 16.6. The number of rotatable bonds is 51. The van der Waals surface area contributed by atoms with Crippen LogP contribution < -0.4 is 10.6 Å². The lowest BCUT2D eigenvalue weighted by Crippen LogP contribution is -2.55. The molecular weight excluding hydrogens is 1620 g/mol. The number of ketones is 3. The predicted octanol–water partition coefficient (Wildman–Crippen LogP) is 15.0. The van der Waals surface area contributed by atoms with Gasteiger partial charge in [0, 0.05) is 138 Å². The maximum atomic E-state index is 14.7. The topological polar surface area (TPSA) is 330 Å². The molecule has 6 amide bonds. The van der Waals surface area contributed by atoms with Crippen LogP contribution in [0.5, 0.6) is 0 Å². The Hall–Kier alpha value is -8.86. The molecule has 4 aromatic rings. The maximum absolute atomic E-state index is 14.7. The lowest BCUT2D eigenvalue weighted by Gasteiger charge is -2.41. The van der Waals surface area contributed by atoms with Gasteiger partial charge in [-0.2, -0.15) is 0 Å². The average molecular weight is 1770 g/mol. The molecule has 27 nitrogen and oxygen atoms in total. The van der Waals surface area contributed by atoms with Crippen molar-refractivity contribution in [1.29, 1.82) is 0 Å². The monoisotopic (exact) mass is 1770 g/mol. The van der Waals surface area contributed by atoms with Crippen LogP contribution in [0.4, 0.5) is 21.0 Å². The number of hydrogen-bond donors (Lipinski definition) is 5. The van der Waals surface area contributed by atoms with E-state index in [2.05, 4.69) is 17.6 Å². The Morgan fingerprint density at radius 3 is 1.24 bits per heavy atom. The number of carbonyl (C=O) groups excluding carboxylic acids is 9. The molecule has 0 radical (unpaired) electrons. The number of nitrogens with one attached hydrogen (secondary N) is 2. The lowest BCUT2D eigenvalue weighted by molar-refractivity contribution is -0.149. The second-order valence-corrected chi connectivity index (χ2v) is 36.9. The maximum Gasteiger partial charge on any atom is 0.410 e. The Balaban J connectivity index is 0.000000450. The number of ether oxygens (including phenoxy) is 6. The van der Waals surface area contributed by atoms with E-state index >= 15 is 0 Å². The zero-order valence-corrected chi connectivity index (χ0v) is 80.8. The number of aliphatic hydroxyl groups excluding tert-OH is 2. The molecule has 4 aromatic carbocycles. The molecule has 27 heteroatoms. The molecule has 2 aliphatic heterocycles. The number of Topliss-reactive ketones (excluding diaryl/α,β-unsaturated/α-hetero) is 3. The number of likely N-dealkylation sites (N-methyl/N-ethyl adjacent to an activating group) is 4. The van der Waals surface area contributed by atoms with Gasteiger partial charge in [0.05, 0.1) is 91.6 Å². The minimum Gasteiger partial charge on any atom is -0.481 e. The molecule has 0 saturated carbocycles. The van der Waals surface area contributed by atoms with Crippen molar-refractivity contribution in [3.63, 3.8) is 0 Å². The van der Waals surface area contributed by atoms with Crippen LogP contribution in [0.1, 0.15) is 209 Å². The predicted molar refractivity (Wildman–Crippen MR) is 495 cm³/mol. The highest BCUT2D eigenvalue weighted by molar-refractivity contribution is 5.92. The summed E-state index contributed by atoms with van der Waals surface area (Å²) in [6, 6.07) is 30.4. The summed E-state index contributed by atoms with van der Waals surface area (Å²) in [5.74, 6) is -6.92. The molecular formula is C100H156N8O19. The Kier molecular flexibility index (Phi) is 45.6. The largest absolute Gasteiger partial charge is 0.481 e. The summed E-state index contributed by atoms with van der Waals surface area (Å²) in [4.78, 5) is 148. The van der Waals surface area contributed by atoms with Gasteiger partial charge in [-0.3, -0.25) is 38.4 Å². The zero-order valence-electron chi connectivity index (χ0n) is 80.8. The molecule has 0 spiro atoms. The Bertz CT molecular complexity index is 4040. The van der Waals surface area contributed by atoms with E-state index in [4.69, 9.17) is 28.4 Å². The minimum absolute atomic E-state index is 0.0234. The van der Waals surface area contributed by atoms with Gasteiger partial charge in [0.2, 0.25) is 23.6 Å². The van der Waals surface area contributed by atoms with E-state index in [1.807, 2.05) is 218 Å². The van der Waals surface area contributed by atoms with Gasteiger partial charge in [0.25, 0.3) is 0 Å². The Labute approximate surface area is 758 Å². The zero-order chi connectivity index (χ0) is 95.0. The van der Waals surface area contributed by atoms with Crippen LogP contribution in [0.2, 0.25) is 0 Å². The normalized spacial score (nSPS) is 18.4. The summed E-state index contributed by atoms with van der Waals surface area (Å²) >= 11 is 0. The summed E-state index contributed by atoms with van der Waals surface area (Å²) in [5, 5.41) is 38.9. The van der Waals surface area contributed by atoms with Crippen molar-refractivity contribution in [3.8, 4) is 0 Å². The van der Waals surface area contributed by atoms with Crippen molar-refractivity contribution in [1.82, 2.24) is 29.4 Å². The summed E-state index contributed by atoms with van der Waals surface area (Å²) in [5.41, 5.74) is 5.11. The van der Waals surface area contributed by atoms with Crippen LogP contribution in [0, 0.1) is 71.0 Å². The van der Waals surface area contributed by atoms with Gasteiger partial charge in [0.1, 0.15) is 24.8 Å². The van der Waals surface area contributed by atoms with Gasteiger partial charge in [-0.1, -0.05) is 202 Å².